The van der Waals surface area contributed by atoms with Gasteiger partial charge in [-0.1, -0.05) is 28.1 Å². The number of rotatable bonds is 3. The molecule has 1 aromatic rings. The highest BCUT2D eigenvalue weighted by molar-refractivity contribution is 9.09. The number of alkyl halides is 2. The summed E-state index contributed by atoms with van der Waals surface area (Å²) in [6, 6.07) is 5.27. The van der Waals surface area contributed by atoms with Gasteiger partial charge in [0.05, 0.1) is 10.4 Å². The number of carbonyl (C=O) groups excluding carboxylic acids is 1. The van der Waals surface area contributed by atoms with Gasteiger partial charge in [0, 0.05) is 12.0 Å². The quantitative estimate of drug-likeness (QED) is 0.686. The van der Waals surface area contributed by atoms with E-state index in [0.717, 1.165) is 0 Å². The van der Waals surface area contributed by atoms with Crippen LogP contribution >= 0.6 is 15.9 Å². The third-order valence-electron chi connectivity index (χ3n) is 2.58. The van der Waals surface area contributed by atoms with Gasteiger partial charge in [-0.3, -0.25) is 4.79 Å². The number of aromatic carboxylic acids is 1. The molecule has 0 radical (unpaired) electrons. The summed E-state index contributed by atoms with van der Waals surface area (Å²) in [6.45, 7) is 0. The highest BCUT2D eigenvalue weighted by atomic mass is 79.9. The largest absolute Gasteiger partial charge is 0.478 e. The molecule has 1 saturated carbocycles. The molecule has 0 bridgehead atoms. The molecular formula is C11H8BrFO3. The standard InChI is InChI=1S/C11H8BrFO3/c12-8-5-11(8,13)9(14)6-1-3-7(4-2-6)10(15)16/h1-4,8H,5H2,(H,15,16). The van der Waals surface area contributed by atoms with Gasteiger partial charge in [0.25, 0.3) is 0 Å². The Balaban J connectivity index is 2.23. The van der Waals surface area contributed by atoms with Gasteiger partial charge >= 0.3 is 5.97 Å². The Bertz CT molecular complexity index is 457. The van der Waals surface area contributed by atoms with Crippen LogP contribution in [-0.2, 0) is 0 Å². The second kappa shape index (κ2) is 3.66. The fourth-order valence-corrected chi connectivity index (χ4v) is 2.12. The van der Waals surface area contributed by atoms with Gasteiger partial charge < -0.3 is 5.11 Å². The Morgan fingerprint density at radius 1 is 1.31 bits per heavy atom. The van der Waals surface area contributed by atoms with Gasteiger partial charge in [0.15, 0.2) is 5.67 Å². The summed E-state index contributed by atoms with van der Waals surface area (Å²) in [5.74, 6) is -1.66. The highest BCUT2D eigenvalue weighted by Crippen LogP contribution is 2.48. The minimum atomic E-state index is -1.81. The first-order valence-corrected chi connectivity index (χ1v) is 5.58. The summed E-state index contributed by atoms with van der Waals surface area (Å²) in [5, 5.41) is 8.66. The Kier molecular flexibility index (Phi) is 2.58. The van der Waals surface area contributed by atoms with Crippen LogP contribution in [0.25, 0.3) is 0 Å². The van der Waals surface area contributed by atoms with Gasteiger partial charge in [0.2, 0.25) is 5.78 Å². The third-order valence-corrected chi connectivity index (χ3v) is 3.63. The summed E-state index contributed by atoms with van der Waals surface area (Å²) in [4.78, 5) is 21.8. The molecule has 1 N–H and O–H groups in total. The number of Topliss-reactive ketones (excluding diaryl/α,β-unsaturated/α-hetero) is 1. The molecule has 5 heteroatoms. The van der Waals surface area contributed by atoms with Crippen LogP contribution in [0.2, 0.25) is 0 Å². The number of carboxylic acids is 1. The van der Waals surface area contributed by atoms with Crippen LogP contribution in [0.3, 0.4) is 0 Å². The lowest BCUT2D eigenvalue weighted by molar-refractivity contribution is 0.0696. The summed E-state index contributed by atoms with van der Waals surface area (Å²) >= 11 is 3.05. The van der Waals surface area contributed by atoms with Crippen LogP contribution in [0.4, 0.5) is 4.39 Å². The molecular weight excluding hydrogens is 279 g/mol. The normalized spacial score (nSPS) is 27.5. The van der Waals surface area contributed by atoms with E-state index in [2.05, 4.69) is 15.9 Å². The Labute approximate surface area is 99.4 Å². The molecule has 3 nitrogen and oxygen atoms in total. The van der Waals surface area contributed by atoms with E-state index in [4.69, 9.17) is 5.11 Å². The van der Waals surface area contributed by atoms with Crippen molar-refractivity contribution in [3.8, 4) is 0 Å². The molecule has 0 aromatic heterocycles. The van der Waals surface area contributed by atoms with Crippen molar-refractivity contribution in [3.05, 3.63) is 35.4 Å². The van der Waals surface area contributed by atoms with Crippen molar-refractivity contribution in [3.63, 3.8) is 0 Å². The van der Waals surface area contributed by atoms with Crippen molar-refractivity contribution in [2.75, 3.05) is 0 Å². The lowest BCUT2D eigenvalue weighted by atomic mass is 10.0. The molecule has 2 rings (SSSR count). The number of carboxylic acid groups (broad SMARTS) is 1. The maximum Gasteiger partial charge on any atom is 0.335 e. The van der Waals surface area contributed by atoms with E-state index in [1.165, 1.54) is 24.3 Å². The van der Waals surface area contributed by atoms with E-state index in [1.807, 2.05) is 0 Å². The predicted molar refractivity (Wildman–Crippen MR) is 58.9 cm³/mol. The van der Waals surface area contributed by atoms with Gasteiger partial charge in [-0.15, -0.1) is 0 Å². The Morgan fingerprint density at radius 3 is 2.12 bits per heavy atom. The molecule has 1 aliphatic rings. The van der Waals surface area contributed by atoms with Crippen LogP contribution in [-0.4, -0.2) is 27.4 Å². The minimum Gasteiger partial charge on any atom is -0.478 e. The van der Waals surface area contributed by atoms with Crippen LogP contribution in [0, 0.1) is 0 Å². The summed E-state index contributed by atoms with van der Waals surface area (Å²) in [5.41, 5.74) is -1.53. The van der Waals surface area contributed by atoms with Gasteiger partial charge in [0.1, 0.15) is 0 Å². The van der Waals surface area contributed by atoms with Crippen molar-refractivity contribution in [1.82, 2.24) is 0 Å². The smallest absolute Gasteiger partial charge is 0.335 e. The van der Waals surface area contributed by atoms with Crippen molar-refractivity contribution >= 4 is 27.7 Å². The molecule has 16 heavy (non-hydrogen) atoms. The van der Waals surface area contributed by atoms with Gasteiger partial charge in [-0.2, -0.15) is 0 Å². The molecule has 0 aliphatic heterocycles. The molecule has 1 aliphatic carbocycles. The summed E-state index contributed by atoms with van der Waals surface area (Å²) in [6.07, 6.45) is 0.173. The molecule has 2 unspecified atom stereocenters. The highest BCUT2D eigenvalue weighted by Gasteiger charge is 2.60. The average Bonchev–Trinajstić information content (AvgIpc) is 2.87. The number of carbonyl (C=O) groups is 2. The lowest BCUT2D eigenvalue weighted by Gasteiger charge is -2.04. The van der Waals surface area contributed by atoms with E-state index < -0.39 is 22.2 Å². The Morgan fingerprint density at radius 2 is 1.75 bits per heavy atom. The number of halogens is 2. The average molecular weight is 287 g/mol. The van der Waals surface area contributed by atoms with Gasteiger partial charge in [-0.25, -0.2) is 9.18 Å². The predicted octanol–water partition coefficient (Wildman–Crippen LogP) is 2.44. The maximum atomic E-state index is 13.7. The van der Waals surface area contributed by atoms with Crippen LogP contribution < -0.4 is 0 Å². The number of benzene rings is 1. The minimum absolute atomic E-state index is 0.0793. The monoisotopic (exact) mass is 286 g/mol. The van der Waals surface area contributed by atoms with Crippen molar-refractivity contribution in [2.24, 2.45) is 0 Å². The second-order valence-electron chi connectivity index (χ2n) is 3.75. The van der Waals surface area contributed by atoms with Crippen molar-refractivity contribution < 1.29 is 19.1 Å². The van der Waals surface area contributed by atoms with E-state index in [0.29, 0.717) is 0 Å². The zero-order valence-corrected chi connectivity index (χ0v) is 9.70. The first-order chi connectivity index (χ1) is 7.45. The van der Waals surface area contributed by atoms with Gasteiger partial charge in [-0.05, 0) is 12.1 Å². The summed E-state index contributed by atoms with van der Waals surface area (Å²) < 4.78 is 13.7. The molecule has 2 atom stereocenters. The van der Waals surface area contributed by atoms with Crippen molar-refractivity contribution in [1.29, 1.82) is 0 Å². The maximum absolute atomic E-state index is 13.7. The summed E-state index contributed by atoms with van der Waals surface area (Å²) in [7, 11) is 0. The number of hydrogen-bond acceptors (Lipinski definition) is 2. The SMILES string of the molecule is O=C(O)c1ccc(C(=O)C2(F)CC2Br)cc1. The first-order valence-electron chi connectivity index (χ1n) is 4.66. The lowest BCUT2D eigenvalue weighted by Crippen LogP contribution is -2.20. The van der Waals surface area contributed by atoms with E-state index in [1.54, 1.807) is 0 Å². The van der Waals surface area contributed by atoms with Crippen LogP contribution in [0.5, 0.6) is 0 Å². The number of ketones is 1. The topological polar surface area (TPSA) is 54.4 Å². The molecule has 84 valence electrons. The second-order valence-corrected chi connectivity index (χ2v) is 4.85. The molecule has 0 spiro atoms. The molecule has 1 fully saturated rings. The van der Waals surface area contributed by atoms with E-state index in [9.17, 15) is 14.0 Å². The van der Waals surface area contributed by atoms with E-state index in [-0.39, 0.29) is 17.5 Å². The third kappa shape index (κ3) is 1.75. The molecule has 0 saturated heterocycles. The van der Waals surface area contributed by atoms with Crippen LogP contribution in [0.1, 0.15) is 27.1 Å². The molecule has 0 amide bonds. The molecule has 1 aromatic carbocycles. The van der Waals surface area contributed by atoms with Crippen LogP contribution in [0.15, 0.2) is 24.3 Å². The Hall–Kier alpha value is -1.23. The fourth-order valence-electron chi connectivity index (χ4n) is 1.44. The fraction of sp³-hybridized carbons (Fsp3) is 0.273. The number of hydrogen-bond donors (Lipinski definition) is 1. The van der Waals surface area contributed by atoms with Crippen molar-refractivity contribution in [2.45, 2.75) is 16.9 Å². The molecule has 0 heterocycles. The zero-order valence-electron chi connectivity index (χ0n) is 8.11. The zero-order chi connectivity index (χ0) is 11.9. The first kappa shape index (κ1) is 11.3. The van der Waals surface area contributed by atoms with E-state index >= 15 is 0 Å².